The molecule has 1 spiro atoms. The van der Waals surface area contributed by atoms with Gasteiger partial charge in [-0.25, -0.2) is 9.78 Å². The molecular formula is C20H23F3N4O3S. The van der Waals surface area contributed by atoms with E-state index < -0.39 is 12.1 Å². The number of likely N-dealkylation sites (tertiary alicyclic amines) is 2. The monoisotopic (exact) mass is 456 g/mol. The number of hydrogen-bond acceptors (Lipinski definition) is 6. The molecule has 168 valence electrons. The lowest BCUT2D eigenvalue weighted by atomic mass is 9.78. The van der Waals surface area contributed by atoms with Crippen LogP contribution in [0.4, 0.5) is 13.2 Å². The Balaban J connectivity index is 0.000000339. The molecule has 11 heteroatoms. The number of nitrogens with zero attached hydrogens (tertiary/aromatic N) is 4. The molecule has 7 nitrogen and oxygen atoms in total. The van der Waals surface area contributed by atoms with Gasteiger partial charge in [-0.3, -0.25) is 14.7 Å². The number of amides is 1. The number of piperidine rings is 1. The van der Waals surface area contributed by atoms with E-state index in [2.05, 4.69) is 14.9 Å². The molecule has 2 aromatic rings. The van der Waals surface area contributed by atoms with E-state index in [4.69, 9.17) is 9.90 Å². The van der Waals surface area contributed by atoms with Gasteiger partial charge in [0.1, 0.15) is 5.01 Å². The molecule has 2 fully saturated rings. The lowest BCUT2D eigenvalue weighted by Crippen LogP contribution is -2.41. The molecule has 31 heavy (non-hydrogen) atoms. The number of carbonyl (C=O) groups is 2. The standard InChI is InChI=1S/C18H22N4OS.C2HF3O2/c23-17(15-2-1-6-19-12-15)22-10-5-18(14-22)3-8-21(9-4-18)13-16-20-7-11-24-16;3-2(4,5)1(6)7/h1-2,6-7,11-12H,3-5,8-10,13-14H2;(H,6,7). The van der Waals surface area contributed by atoms with Crippen molar-refractivity contribution in [2.75, 3.05) is 26.2 Å². The van der Waals surface area contributed by atoms with Crippen LogP contribution in [0.5, 0.6) is 0 Å². The van der Waals surface area contributed by atoms with E-state index in [9.17, 15) is 18.0 Å². The quantitative estimate of drug-likeness (QED) is 0.763. The second kappa shape index (κ2) is 9.73. The van der Waals surface area contributed by atoms with Gasteiger partial charge in [0.15, 0.2) is 0 Å². The fourth-order valence-corrected chi connectivity index (χ4v) is 4.55. The highest BCUT2D eigenvalue weighted by Crippen LogP contribution is 2.41. The molecule has 0 saturated carbocycles. The SMILES string of the molecule is O=C(O)C(F)(F)F.O=C(c1cccnc1)N1CCC2(CCN(Cc3nccs3)CC2)C1. The minimum Gasteiger partial charge on any atom is -0.475 e. The molecule has 4 heterocycles. The van der Waals surface area contributed by atoms with Gasteiger partial charge in [0.05, 0.1) is 12.1 Å². The molecule has 0 aromatic carbocycles. The van der Waals surface area contributed by atoms with Gasteiger partial charge in [-0.05, 0) is 49.9 Å². The summed E-state index contributed by atoms with van der Waals surface area (Å²) in [4.78, 5) is 34.5. The van der Waals surface area contributed by atoms with E-state index in [1.54, 1.807) is 23.7 Å². The van der Waals surface area contributed by atoms with E-state index >= 15 is 0 Å². The highest BCUT2D eigenvalue weighted by Gasteiger charge is 2.42. The zero-order valence-electron chi connectivity index (χ0n) is 16.7. The van der Waals surface area contributed by atoms with Crippen molar-refractivity contribution in [1.29, 1.82) is 0 Å². The Morgan fingerprint density at radius 2 is 1.84 bits per heavy atom. The lowest BCUT2D eigenvalue weighted by molar-refractivity contribution is -0.192. The fraction of sp³-hybridized carbons (Fsp3) is 0.500. The van der Waals surface area contributed by atoms with Crippen molar-refractivity contribution < 1.29 is 27.9 Å². The molecule has 1 amide bonds. The molecule has 0 atom stereocenters. The summed E-state index contributed by atoms with van der Waals surface area (Å²) in [6, 6.07) is 3.69. The summed E-state index contributed by atoms with van der Waals surface area (Å²) in [6.45, 7) is 4.95. The fourth-order valence-electron chi connectivity index (χ4n) is 3.90. The first-order chi connectivity index (χ1) is 14.7. The van der Waals surface area contributed by atoms with Crippen molar-refractivity contribution in [3.8, 4) is 0 Å². The predicted octanol–water partition coefficient (Wildman–Crippen LogP) is 3.30. The van der Waals surface area contributed by atoms with Crippen molar-refractivity contribution in [3.63, 3.8) is 0 Å². The van der Waals surface area contributed by atoms with E-state index in [0.29, 0.717) is 11.0 Å². The van der Waals surface area contributed by atoms with Crippen LogP contribution in [0.15, 0.2) is 36.1 Å². The van der Waals surface area contributed by atoms with Crippen molar-refractivity contribution in [2.24, 2.45) is 5.41 Å². The van der Waals surface area contributed by atoms with E-state index in [-0.39, 0.29) is 5.91 Å². The minimum absolute atomic E-state index is 0.130. The molecule has 4 rings (SSSR count). The first-order valence-electron chi connectivity index (χ1n) is 9.79. The number of carboxylic acid groups (broad SMARTS) is 1. The number of aliphatic carboxylic acids is 1. The smallest absolute Gasteiger partial charge is 0.475 e. The summed E-state index contributed by atoms with van der Waals surface area (Å²) < 4.78 is 31.7. The third kappa shape index (κ3) is 6.23. The average Bonchev–Trinajstić information content (AvgIpc) is 3.40. The first kappa shape index (κ1) is 23.1. The Bertz CT molecular complexity index is 870. The number of carbonyl (C=O) groups excluding carboxylic acids is 1. The number of rotatable bonds is 3. The second-order valence-electron chi connectivity index (χ2n) is 7.72. The van der Waals surface area contributed by atoms with Gasteiger partial charge in [-0.1, -0.05) is 0 Å². The van der Waals surface area contributed by atoms with E-state index in [1.807, 2.05) is 28.6 Å². The van der Waals surface area contributed by atoms with Gasteiger partial charge in [-0.15, -0.1) is 11.3 Å². The third-order valence-electron chi connectivity index (χ3n) is 5.64. The molecule has 2 saturated heterocycles. The molecule has 0 aliphatic carbocycles. The maximum atomic E-state index is 12.6. The predicted molar refractivity (Wildman–Crippen MR) is 108 cm³/mol. The number of hydrogen-bond donors (Lipinski definition) is 1. The van der Waals surface area contributed by atoms with Gasteiger partial charge < -0.3 is 10.0 Å². The Labute approximate surface area is 181 Å². The number of pyridine rings is 1. The molecule has 2 aromatic heterocycles. The van der Waals surface area contributed by atoms with E-state index in [0.717, 1.165) is 39.1 Å². The summed E-state index contributed by atoms with van der Waals surface area (Å²) in [5, 5.41) is 10.4. The van der Waals surface area contributed by atoms with Crippen LogP contribution in [0.3, 0.4) is 0 Å². The van der Waals surface area contributed by atoms with Gasteiger partial charge in [0, 0.05) is 37.1 Å². The number of thiazole rings is 1. The van der Waals surface area contributed by atoms with Crippen LogP contribution in [0, 0.1) is 5.41 Å². The van der Waals surface area contributed by atoms with E-state index in [1.165, 1.54) is 17.8 Å². The van der Waals surface area contributed by atoms with Crippen molar-refractivity contribution in [2.45, 2.75) is 32.0 Å². The van der Waals surface area contributed by atoms with Crippen LogP contribution in [-0.4, -0.2) is 69.1 Å². The summed E-state index contributed by atoms with van der Waals surface area (Å²) in [5.41, 5.74) is 1.02. The first-order valence-corrected chi connectivity index (χ1v) is 10.7. The van der Waals surface area contributed by atoms with Gasteiger partial charge in [-0.2, -0.15) is 13.2 Å². The molecule has 0 bridgehead atoms. The Morgan fingerprint density at radius 1 is 1.16 bits per heavy atom. The number of aromatic nitrogens is 2. The van der Waals surface area contributed by atoms with Crippen LogP contribution in [-0.2, 0) is 11.3 Å². The van der Waals surface area contributed by atoms with Gasteiger partial charge >= 0.3 is 12.1 Å². The topological polar surface area (TPSA) is 86.6 Å². The van der Waals surface area contributed by atoms with Crippen LogP contribution in [0.2, 0.25) is 0 Å². The largest absolute Gasteiger partial charge is 0.490 e. The van der Waals surface area contributed by atoms with Crippen molar-refractivity contribution >= 4 is 23.2 Å². The van der Waals surface area contributed by atoms with Gasteiger partial charge in [0.2, 0.25) is 0 Å². The van der Waals surface area contributed by atoms with Crippen molar-refractivity contribution in [3.05, 3.63) is 46.7 Å². The lowest BCUT2D eigenvalue weighted by Gasteiger charge is -2.39. The Hall–Kier alpha value is -2.53. The molecule has 2 aliphatic heterocycles. The van der Waals surface area contributed by atoms with Crippen molar-refractivity contribution in [1.82, 2.24) is 19.8 Å². The zero-order valence-corrected chi connectivity index (χ0v) is 17.5. The third-order valence-corrected chi connectivity index (χ3v) is 6.40. The van der Waals surface area contributed by atoms with Crippen LogP contribution in [0.25, 0.3) is 0 Å². The van der Waals surface area contributed by atoms with Crippen LogP contribution >= 0.6 is 11.3 Å². The Kier molecular flexibility index (Phi) is 7.26. The maximum Gasteiger partial charge on any atom is 0.490 e. The summed E-state index contributed by atoms with van der Waals surface area (Å²) >= 11 is 1.73. The Morgan fingerprint density at radius 3 is 2.39 bits per heavy atom. The summed E-state index contributed by atoms with van der Waals surface area (Å²) in [7, 11) is 0. The molecule has 0 unspecified atom stereocenters. The second-order valence-corrected chi connectivity index (χ2v) is 8.70. The number of carboxylic acids is 1. The summed E-state index contributed by atoms with van der Waals surface area (Å²) in [6.07, 6.45) is 3.66. The highest BCUT2D eigenvalue weighted by molar-refractivity contribution is 7.09. The minimum atomic E-state index is -5.08. The molecule has 2 aliphatic rings. The van der Waals surface area contributed by atoms with Gasteiger partial charge in [0.25, 0.3) is 5.91 Å². The summed E-state index contributed by atoms with van der Waals surface area (Å²) in [5.74, 6) is -2.63. The van der Waals surface area contributed by atoms with Crippen LogP contribution in [0.1, 0.15) is 34.6 Å². The molecule has 0 radical (unpaired) electrons. The normalized spacial score (nSPS) is 18.5. The number of alkyl halides is 3. The zero-order chi connectivity index (χ0) is 22.5. The van der Waals surface area contributed by atoms with Crippen LogP contribution < -0.4 is 0 Å². The average molecular weight is 456 g/mol. The number of halogens is 3. The highest BCUT2D eigenvalue weighted by atomic mass is 32.1. The molecular weight excluding hydrogens is 433 g/mol. The molecule has 1 N–H and O–H groups in total. The maximum absolute atomic E-state index is 12.6.